The van der Waals surface area contributed by atoms with Crippen molar-refractivity contribution < 1.29 is 17.9 Å². The van der Waals surface area contributed by atoms with Crippen LogP contribution in [0.2, 0.25) is 0 Å². The summed E-state index contributed by atoms with van der Waals surface area (Å²) in [6.07, 6.45) is 6.47. The zero-order chi connectivity index (χ0) is 20.6. The van der Waals surface area contributed by atoms with Crippen molar-refractivity contribution in [3.63, 3.8) is 0 Å². The lowest BCUT2D eigenvalue weighted by Gasteiger charge is -2.44. The van der Waals surface area contributed by atoms with E-state index in [-0.39, 0.29) is 12.5 Å². The fraction of sp³-hybridized carbons (Fsp3) is 0.500. The molecule has 2 aromatic rings. The highest BCUT2D eigenvalue weighted by atomic mass is 32.2. The molecule has 1 spiro atoms. The van der Waals surface area contributed by atoms with Gasteiger partial charge in [-0.15, -0.1) is 11.3 Å². The van der Waals surface area contributed by atoms with Crippen LogP contribution in [0.15, 0.2) is 18.5 Å². The number of nitrogen functional groups attached to an aromatic ring is 1. The number of hydrogen-bond acceptors (Lipinski definition) is 8. The molecule has 0 bridgehead atoms. The molecule has 0 saturated carbocycles. The number of nitrogens with zero attached hydrogens (tertiary/aromatic N) is 3. The lowest BCUT2D eigenvalue weighted by Crippen LogP contribution is -2.50. The molecule has 0 radical (unpaired) electrons. The van der Waals surface area contributed by atoms with Gasteiger partial charge in [-0.1, -0.05) is 0 Å². The Balaban J connectivity index is 1.50. The number of thiophene rings is 1. The maximum atomic E-state index is 12.3. The molecule has 11 heteroatoms. The predicted octanol–water partition coefficient (Wildman–Crippen LogP) is 0.727. The molecule has 0 aromatic carbocycles. The molecule has 4 rings (SSSR count). The molecule has 4 heterocycles. The standard InChI is InChI=1S/C18H23N5O4S2/c1-29(25,26)22-11-17(24)23-5-3-18(4-6-23)12-8-15(28-14(12)2-7-27-18)13-9-21-16(19)10-20-13/h8-10,22H,2-7,11H2,1H3,(H2,19,21). The van der Waals surface area contributed by atoms with E-state index < -0.39 is 15.6 Å². The second kappa shape index (κ2) is 7.63. The molecule has 2 aliphatic rings. The monoisotopic (exact) mass is 437 g/mol. The molecule has 2 aliphatic heterocycles. The Labute approximate surface area is 173 Å². The number of sulfonamides is 1. The summed E-state index contributed by atoms with van der Waals surface area (Å²) in [6, 6.07) is 2.13. The Hall–Kier alpha value is -2.08. The highest BCUT2D eigenvalue weighted by Crippen LogP contribution is 2.46. The van der Waals surface area contributed by atoms with Gasteiger partial charge >= 0.3 is 0 Å². The normalized spacial score (nSPS) is 18.6. The third-order valence-corrected chi connectivity index (χ3v) is 7.23. The number of carbonyl (C=O) groups is 1. The number of anilines is 1. The van der Waals surface area contributed by atoms with Gasteiger partial charge in [0.05, 0.1) is 48.0 Å². The van der Waals surface area contributed by atoms with Crippen LogP contribution in [0, 0.1) is 0 Å². The fourth-order valence-electron chi connectivity index (χ4n) is 3.84. The Morgan fingerprint density at radius 3 is 2.76 bits per heavy atom. The molecule has 0 unspecified atom stereocenters. The Morgan fingerprint density at radius 1 is 1.34 bits per heavy atom. The number of rotatable bonds is 4. The van der Waals surface area contributed by atoms with Gasteiger partial charge in [-0.2, -0.15) is 0 Å². The van der Waals surface area contributed by atoms with E-state index in [0.717, 1.165) is 23.2 Å². The number of nitrogens with one attached hydrogen (secondary N) is 1. The first kappa shape index (κ1) is 20.2. The highest BCUT2D eigenvalue weighted by molar-refractivity contribution is 7.88. The van der Waals surface area contributed by atoms with Crippen LogP contribution in [0.1, 0.15) is 23.3 Å². The number of ether oxygens (including phenoxy) is 1. The van der Waals surface area contributed by atoms with Crippen LogP contribution >= 0.6 is 11.3 Å². The van der Waals surface area contributed by atoms with Crippen molar-refractivity contribution in [3.8, 4) is 10.6 Å². The SMILES string of the molecule is CS(=O)(=O)NCC(=O)N1CCC2(CC1)OCCc1sc(-c3cnc(N)cn3)cc12. The summed E-state index contributed by atoms with van der Waals surface area (Å²) in [5, 5.41) is 0. The van der Waals surface area contributed by atoms with Gasteiger partial charge < -0.3 is 15.4 Å². The van der Waals surface area contributed by atoms with E-state index in [1.807, 2.05) is 0 Å². The zero-order valence-electron chi connectivity index (χ0n) is 16.1. The van der Waals surface area contributed by atoms with Gasteiger partial charge in [-0.05, 0) is 24.5 Å². The van der Waals surface area contributed by atoms with Crippen molar-refractivity contribution >= 4 is 33.1 Å². The third-order valence-electron chi connectivity index (χ3n) is 5.34. The van der Waals surface area contributed by atoms with E-state index in [4.69, 9.17) is 10.5 Å². The van der Waals surface area contributed by atoms with Crippen LogP contribution in [-0.2, 0) is 31.6 Å². The minimum Gasteiger partial charge on any atom is -0.382 e. The average Bonchev–Trinajstić information content (AvgIpc) is 3.13. The number of fused-ring (bicyclic) bond motifs is 2. The topological polar surface area (TPSA) is 128 Å². The van der Waals surface area contributed by atoms with Crippen molar-refractivity contribution in [2.75, 3.05) is 38.2 Å². The number of piperidine rings is 1. The smallest absolute Gasteiger partial charge is 0.237 e. The summed E-state index contributed by atoms with van der Waals surface area (Å²) in [5.74, 6) is 0.168. The summed E-state index contributed by atoms with van der Waals surface area (Å²) in [7, 11) is -3.39. The Morgan fingerprint density at radius 2 is 2.10 bits per heavy atom. The minimum absolute atomic E-state index is 0.212. The van der Waals surface area contributed by atoms with Crippen molar-refractivity contribution in [2.24, 2.45) is 0 Å². The number of carbonyl (C=O) groups excluding carboxylic acids is 1. The van der Waals surface area contributed by atoms with E-state index >= 15 is 0 Å². The van der Waals surface area contributed by atoms with E-state index in [0.29, 0.717) is 38.4 Å². The van der Waals surface area contributed by atoms with Crippen LogP contribution in [0.25, 0.3) is 10.6 Å². The maximum absolute atomic E-state index is 12.3. The maximum Gasteiger partial charge on any atom is 0.237 e. The number of aromatic nitrogens is 2. The molecule has 1 fully saturated rings. The molecule has 9 nitrogen and oxygen atoms in total. The summed E-state index contributed by atoms with van der Waals surface area (Å²) in [5.41, 5.74) is 7.18. The molecule has 156 valence electrons. The van der Waals surface area contributed by atoms with E-state index in [1.165, 1.54) is 10.4 Å². The van der Waals surface area contributed by atoms with Gasteiger partial charge in [-0.25, -0.2) is 23.1 Å². The molecular formula is C18H23N5O4S2. The zero-order valence-corrected chi connectivity index (χ0v) is 17.7. The average molecular weight is 438 g/mol. The second-order valence-electron chi connectivity index (χ2n) is 7.34. The molecular weight excluding hydrogens is 414 g/mol. The van der Waals surface area contributed by atoms with E-state index in [9.17, 15) is 13.2 Å². The van der Waals surface area contributed by atoms with Crippen LogP contribution in [-0.4, -0.2) is 61.7 Å². The summed E-state index contributed by atoms with van der Waals surface area (Å²) < 4.78 is 30.9. The molecule has 1 saturated heterocycles. The first-order valence-corrected chi connectivity index (χ1v) is 12.0. The summed E-state index contributed by atoms with van der Waals surface area (Å²) in [4.78, 5) is 24.8. The van der Waals surface area contributed by atoms with Gasteiger partial charge in [0.1, 0.15) is 5.82 Å². The molecule has 1 amide bonds. The molecule has 0 atom stereocenters. The largest absolute Gasteiger partial charge is 0.382 e. The number of amides is 1. The number of nitrogens with two attached hydrogens (primary N) is 1. The van der Waals surface area contributed by atoms with Gasteiger partial charge in [0, 0.05) is 24.4 Å². The number of hydrogen-bond donors (Lipinski definition) is 2. The van der Waals surface area contributed by atoms with Crippen LogP contribution in [0.4, 0.5) is 5.82 Å². The van der Waals surface area contributed by atoms with Gasteiger partial charge in [-0.3, -0.25) is 4.79 Å². The molecule has 2 aromatic heterocycles. The van der Waals surface area contributed by atoms with Crippen molar-refractivity contribution in [2.45, 2.75) is 24.9 Å². The minimum atomic E-state index is -3.39. The van der Waals surface area contributed by atoms with Crippen LogP contribution in [0.5, 0.6) is 0 Å². The first-order valence-electron chi connectivity index (χ1n) is 9.33. The summed E-state index contributed by atoms with van der Waals surface area (Å²) in [6.45, 7) is 1.48. The highest BCUT2D eigenvalue weighted by Gasteiger charge is 2.42. The van der Waals surface area contributed by atoms with Gasteiger partial charge in [0.25, 0.3) is 0 Å². The first-order chi connectivity index (χ1) is 13.8. The quantitative estimate of drug-likeness (QED) is 0.722. The van der Waals surface area contributed by atoms with Crippen LogP contribution in [0.3, 0.4) is 0 Å². The van der Waals surface area contributed by atoms with Gasteiger partial charge in [0.2, 0.25) is 15.9 Å². The van der Waals surface area contributed by atoms with Crippen LogP contribution < -0.4 is 10.5 Å². The lowest BCUT2D eigenvalue weighted by atomic mass is 9.82. The molecule has 3 N–H and O–H groups in total. The Kier molecular flexibility index (Phi) is 5.32. The fourth-order valence-corrected chi connectivity index (χ4v) is 5.42. The Bertz CT molecular complexity index is 1010. The molecule has 29 heavy (non-hydrogen) atoms. The third kappa shape index (κ3) is 4.27. The van der Waals surface area contributed by atoms with Crippen molar-refractivity contribution in [1.29, 1.82) is 0 Å². The van der Waals surface area contributed by atoms with E-state index in [1.54, 1.807) is 28.6 Å². The van der Waals surface area contributed by atoms with Crippen molar-refractivity contribution in [1.82, 2.24) is 19.6 Å². The lowest BCUT2D eigenvalue weighted by molar-refractivity contribution is -0.139. The molecule has 0 aliphatic carbocycles. The predicted molar refractivity (Wildman–Crippen MR) is 110 cm³/mol. The second-order valence-corrected chi connectivity index (χ2v) is 10.3. The number of likely N-dealkylation sites (tertiary alicyclic amines) is 1. The van der Waals surface area contributed by atoms with E-state index in [2.05, 4.69) is 20.8 Å². The van der Waals surface area contributed by atoms with Crippen molar-refractivity contribution in [3.05, 3.63) is 28.9 Å². The van der Waals surface area contributed by atoms with Gasteiger partial charge in [0.15, 0.2) is 0 Å². The summed E-state index contributed by atoms with van der Waals surface area (Å²) >= 11 is 1.70.